The molecule has 6 heteroatoms. The van der Waals surface area contributed by atoms with E-state index in [0.29, 0.717) is 13.2 Å². The van der Waals surface area contributed by atoms with Crippen molar-refractivity contribution in [2.45, 2.75) is 6.04 Å². The number of H-pyrrole nitrogens is 1. The summed E-state index contributed by atoms with van der Waals surface area (Å²) in [6, 6.07) is 7.58. The second kappa shape index (κ2) is 4.50. The van der Waals surface area contributed by atoms with E-state index in [1.54, 1.807) is 11.3 Å². The topological polar surface area (TPSA) is 73.2 Å². The zero-order chi connectivity index (χ0) is 13.5. The van der Waals surface area contributed by atoms with E-state index >= 15 is 0 Å². The number of fused-ring (bicyclic) bond motifs is 2. The summed E-state index contributed by atoms with van der Waals surface area (Å²) in [5.74, 6) is 2.25. The molecule has 0 saturated heterocycles. The van der Waals surface area contributed by atoms with Gasteiger partial charge in [0.25, 0.3) is 0 Å². The average Bonchev–Trinajstić information content (AvgIpc) is 3.13. The van der Waals surface area contributed by atoms with Crippen LogP contribution >= 0.6 is 11.3 Å². The van der Waals surface area contributed by atoms with E-state index in [1.165, 1.54) is 0 Å². The minimum atomic E-state index is -0.235. The van der Waals surface area contributed by atoms with Crippen molar-refractivity contribution >= 4 is 22.4 Å². The second-order valence-electron chi connectivity index (χ2n) is 4.63. The molecule has 0 fully saturated rings. The highest BCUT2D eigenvalue weighted by Gasteiger charge is 2.18. The molecule has 1 unspecified atom stereocenters. The largest absolute Gasteiger partial charge is 0.486 e. The Balaban J connectivity index is 1.78. The molecule has 3 N–H and O–H groups in total. The van der Waals surface area contributed by atoms with Gasteiger partial charge in [-0.1, -0.05) is 6.07 Å². The van der Waals surface area contributed by atoms with Gasteiger partial charge in [0.2, 0.25) is 0 Å². The first-order valence-corrected chi connectivity index (χ1v) is 7.27. The first-order valence-electron chi connectivity index (χ1n) is 6.39. The molecular weight excluding hydrogens is 274 g/mol. The first-order chi connectivity index (χ1) is 9.81. The molecule has 1 aliphatic rings. The number of hydrogen-bond donors (Lipinski definition) is 2. The minimum Gasteiger partial charge on any atom is -0.486 e. The Morgan fingerprint density at radius 1 is 1.25 bits per heavy atom. The smallest absolute Gasteiger partial charge is 0.163 e. The van der Waals surface area contributed by atoms with Crippen LogP contribution in [0.2, 0.25) is 0 Å². The molecule has 1 atom stereocenters. The number of benzene rings is 1. The third kappa shape index (κ3) is 1.85. The molecule has 4 rings (SSSR count). The van der Waals surface area contributed by atoms with Gasteiger partial charge in [-0.2, -0.15) is 0 Å². The average molecular weight is 287 g/mol. The quantitative estimate of drug-likeness (QED) is 0.759. The summed E-state index contributed by atoms with van der Waals surface area (Å²) in [6.45, 7) is 1.15. The fraction of sp³-hybridized carbons (Fsp3) is 0.214. The standard InChI is InChI=1S/C14H13N3O2S/c15-13(12-2-1-5-20-12)14-16-8-6-10-11(7-9(8)17-14)19-4-3-18-10/h1-2,5-7,13H,3-4,15H2,(H,16,17). The van der Waals surface area contributed by atoms with Crippen LogP contribution in [0.15, 0.2) is 29.6 Å². The fourth-order valence-corrected chi connectivity index (χ4v) is 3.05. The summed E-state index contributed by atoms with van der Waals surface area (Å²) >= 11 is 1.63. The number of rotatable bonds is 2. The number of hydrogen-bond acceptors (Lipinski definition) is 5. The summed E-state index contributed by atoms with van der Waals surface area (Å²) in [7, 11) is 0. The van der Waals surface area contributed by atoms with Gasteiger partial charge in [-0.05, 0) is 11.4 Å². The van der Waals surface area contributed by atoms with E-state index in [4.69, 9.17) is 15.2 Å². The van der Waals surface area contributed by atoms with Gasteiger partial charge < -0.3 is 20.2 Å². The molecule has 0 saturated carbocycles. The van der Waals surface area contributed by atoms with Crippen LogP contribution in [0.3, 0.4) is 0 Å². The Kier molecular flexibility index (Phi) is 2.64. The van der Waals surface area contributed by atoms with Crippen molar-refractivity contribution < 1.29 is 9.47 Å². The number of nitrogens with zero attached hydrogens (tertiary/aromatic N) is 1. The van der Waals surface area contributed by atoms with E-state index in [2.05, 4.69) is 9.97 Å². The molecule has 0 aliphatic carbocycles. The van der Waals surface area contributed by atoms with Gasteiger partial charge >= 0.3 is 0 Å². The van der Waals surface area contributed by atoms with Crippen molar-refractivity contribution in [2.24, 2.45) is 5.73 Å². The van der Waals surface area contributed by atoms with Gasteiger partial charge in [-0.3, -0.25) is 0 Å². The second-order valence-corrected chi connectivity index (χ2v) is 5.61. The Morgan fingerprint density at radius 2 is 2.05 bits per heavy atom. The maximum Gasteiger partial charge on any atom is 0.163 e. The number of ether oxygens (including phenoxy) is 2. The van der Waals surface area contributed by atoms with Crippen LogP contribution in [0.25, 0.3) is 11.0 Å². The molecule has 0 radical (unpaired) electrons. The van der Waals surface area contributed by atoms with Gasteiger partial charge in [0.05, 0.1) is 17.1 Å². The first kappa shape index (κ1) is 11.7. The highest BCUT2D eigenvalue weighted by Crippen LogP contribution is 2.34. The van der Waals surface area contributed by atoms with E-state index in [1.807, 2.05) is 29.6 Å². The van der Waals surface area contributed by atoms with Crippen LogP contribution < -0.4 is 15.2 Å². The molecular formula is C14H13N3O2S. The number of nitrogens with one attached hydrogen (secondary N) is 1. The SMILES string of the molecule is NC(c1nc2cc3c(cc2[nH]1)OCCO3)c1cccs1. The number of nitrogens with two attached hydrogens (primary N) is 1. The zero-order valence-electron chi connectivity index (χ0n) is 10.6. The zero-order valence-corrected chi connectivity index (χ0v) is 11.4. The summed E-state index contributed by atoms with van der Waals surface area (Å²) < 4.78 is 11.1. The van der Waals surface area contributed by atoms with Gasteiger partial charge in [0.1, 0.15) is 19.0 Å². The lowest BCUT2D eigenvalue weighted by molar-refractivity contribution is 0.172. The summed E-state index contributed by atoms with van der Waals surface area (Å²) in [4.78, 5) is 8.92. The van der Waals surface area contributed by atoms with E-state index in [9.17, 15) is 0 Å². The van der Waals surface area contributed by atoms with Crippen LogP contribution in [0.5, 0.6) is 11.5 Å². The Hall–Kier alpha value is -2.05. The highest BCUT2D eigenvalue weighted by molar-refractivity contribution is 7.10. The normalized spacial score (nSPS) is 15.4. The van der Waals surface area contributed by atoms with Crippen LogP contribution in [0.4, 0.5) is 0 Å². The molecule has 0 bridgehead atoms. The van der Waals surface area contributed by atoms with Crippen molar-refractivity contribution in [3.63, 3.8) is 0 Å². The molecule has 3 aromatic rings. The Bertz CT molecular complexity index is 708. The van der Waals surface area contributed by atoms with Crippen molar-refractivity contribution in [1.82, 2.24) is 9.97 Å². The molecule has 2 aromatic heterocycles. The van der Waals surface area contributed by atoms with E-state index in [0.717, 1.165) is 33.2 Å². The predicted octanol–water partition coefficient (Wildman–Crippen LogP) is 2.44. The monoisotopic (exact) mass is 287 g/mol. The van der Waals surface area contributed by atoms with Crippen molar-refractivity contribution in [3.05, 3.63) is 40.3 Å². The lowest BCUT2D eigenvalue weighted by atomic mass is 10.2. The van der Waals surface area contributed by atoms with Crippen LogP contribution in [0, 0.1) is 0 Å². The minimum absolute atomic E-state index is 0.235. The molecule has 1 aromatic carbocycles. The number of aromatic nitrogens is 2. The number of thiophene rings is 1. The van der Waals surface area contributed by atoms with E-state index < -0.39 is 0 Å². The predicted molar refractivity (Wildman–Crippen MR) is 77.4 cm³/mol. The molecule has 1 aliphatic heterocycles. The Labute approximate surface area is 119 Å². The van der Waals surface area contributed by atoms with Gasteiger partial charge in [-0.25, -0.2) is 4.98 Å². The van der Waals surface area contributed by atoms with Gasteiger partial charge in [0, 0.05) is 17.0 Å². The number of aromatic amines is 1. The van der Waals surface area contributed by atoms with Gasteiger partial charge in [-0.15, -0.1) is 11.3 Å². The summed E-state index contributed by atoms with van der Waals surface area (Å²) in [6.07, 6.45) is 0. The maximum atomic E-state index is 6.23. The fourth-order valence-electron chi connectivity index (χ4n) is 2.32. The molecule has 0 amide bonds. The van der Waals surface area contributed by atoms with Gasteiger partial charge in [0.15, 0.2) is 11.5 Å². The van der Waals surface area contributed by atoms with Crippen molar-refractivity contribution in [3.8, 4) is 11.5 Å². The summed E-state index contributed by atoms with van der Waals surface area (Å²) in [5.41, 5.74) is 7.99. The van der Waals surface area contributed by atoms with Crippen LogP contribution in [0.1, 0.15) is 16.7 Å². The lowest BCUT2D eigenvalue weighted by Crippen LogP contribution is -2.15. The summed E-state index contributed by atoms with van der Waals surface area (Å²) in [5, 5.41) is 2.01. The third-order valence-electron chi connectivity index (χ3n) is 3.31. The molecule has 0 spiro atoms. The maximum absolute atomic E-state index is 6.23. The third-order valence-corrected chi connectivity index (χ3v) is 4.26. The molecule has 5 nitrogen and oxygen atoms in total. The molecule has 20 heavy (non-hydrogen) atoms. The molecule has 102 valence electrons. The Morgan fingerprint density at radius 3 is 2.80 bits per heavy atom. The van der Waals surface area contributed by atoms with Crippen LogP contribution in [-0.4, -0.2) is 23.2 Å². The highest BCUT2D eigenvalue weighted by atomic mass is 32.1. The van der Waals surface area contributed by atoms with Crippen molar-refractivity contribution in [2.75, 3.05) is 13.2 Å². The van der Waals surface area contributed by atoms with E-state index in [-0.39, 0.29) is 6.04 Å². The van der Waals surface area contributed by atoms with Crippen LogP contribution in [-0.2, 0) is 0 Å². The number of imidazole rings is 1. The lowest BCUT2D eigenvalue weighted by Gasteiger charge is -2.17. The van der Waals surface area contributed by atoms with Crippen molar-refractivity contribution in [1.29, 1.82) is 0 Å². The molecule has 3 heterocycles.